The van der Waals surface area contributed by atoms with Gasteiger partial charge >= 0.3 is 0 Å². The van der Waals surface area contributed by atoms with Crippen LogP contribution in [0.3, 0.4) is 0 Å². The van der Waals surface area contributed by atoms with Crippen LogP contribution in [-0.2, 0) is 10.9 Å². The van der Waals surface area contributed by atoms with Crippen molar-refractivity contribution in [3.8, 4) is 0 Å². The van der Waals surface area contributed by atoms with Gasteiger partial charge in [-0.05, 0) is 24.1 Å². The van der Waals surface area contributed by atoms with Gasteiger partial charge in [0.1, 0.15) is 0 Å². The van der Waals surface area contributed by atoms with Gasteiger partial charge in [-0.2, -0.15) is 0 Å². The first-order chi connectivity index (χ1) is 7.36. The molecule has 0 radical (unpaired) electrons. The second-order valence-electron chi connectivity index (χ2n) is 3.69. The van der Waals surface area contributed by atoms with Crippen LogP contribution in [0.1, 0.15) is 19.4 Å². The second-order valence-corrected chi connectivity index (χ2v) is 6.80. The molecule has 0 fully saturated rings. The van der Waals surface area contributed by atoms with Crippen LogP contribution >= 0.6 is 0 Å². The highest BCUT2D eigenvalue weighted by atomic mass is 28.3. The van der Waals surface area contributed by atoms with Crippen LogP contribution in [0.15, 0.2) is 30.3 Å². The van der Waals surface area contributed by atoms with Crippen LogP contribution in [0.5, 0.6) is 0 Å². The molecule has 0 bridgehead atoms. The number of hydrogen-bond acceptors (Lipinski definition) is 2. The van der Waals surface area contributed by atoms with Gasteiger partial charge in [-0.25, -0.2) is 5.48 Å². The topological polar surface area (TPSA) is 21.3 Å². The van der Waals surface area contributed by atoms with Crippen molar-refractivity contribution in [1.82, 2.24) is 5.48 Å². The fourth-order valence-corrected chi connectivity index (χ4v) is 2.74. The molecular formula is C12H21NOSi. The normalized spacial score (nSPS) is 10.9. The molecule has 1 rings (SSSR count). The van der Waals surface area contributed by atoms with Crippen molar-refractivity contribution in [3.05, 3.63) is 35.9 Å². The molecule has 15 heavy (non-hydrogen) atoms. The van der Waals surface area contributed by atoms with Crippen molar-refractivity contribution < 1.29 is 4.53 Å². The molecule has 0 aliphatic heterocycles. The fraction of sp³-hybridized carbons (Fsp3) is 0.500. The molecule has 0 aromatic heterocycles. The van der Waals surface area contributed by atoms with Gasteiger partial charge in [0.2, 0.25) is 9.04 Å². The molecule has 0 saturated heterocycles. The quantitative estimate of drug-likeness (QED) is 0.436. The summed E-state index contributed by atoms with van der Waals surface area (Å²) in [6.07, 6.45) is 1.04. The maximum atomic E-state index is 5.65. The molecule has 84 valence electrons. The summed E-state index contributed by atoms with van der Waals surface area (Å²) >= 11 is 0. The van der Waals surface area contributed by atoms with Crippen molar-refractivity contribution >= 4 is 9.04 Å². The Bertz CT molecular complexity index is 249. The van der Waals surface area contributed by atoms with Gasteiger partial charge in [-0.1, -0.05) is 44.2 Å². The lowest BCUT2D eigenvalue weighted by molar-refractivity contribution is 0.196. The standard InChI is InChI=1S/C12H21NOSi/c1-3-15(4-2)14-13-11-10-12-8-6-5-7-9-12/h5-9,13,15H,3-4,10-11H2,1-2H3. The Balaban J connectivity index is 2.12. The largest absolute Gasteiger partial charge is 0.349 e. The molecule has 1 aromatic rings. The first-order valence-electron chi connectivity index (χ1n) is 5.79. The van der Waals surface area contributed by atoms with Gasteiger partial charge in [0.05, 0.1) is 0 Å². The molecule has 0 aliphatic rings. The maximum Gasteiger partial charge on any atom is 0.205 e. The van der Waals surface area contributed by atoms with Gasteiger partial charge in [0.25, 0.3) is 0 Å². The number of hydrogen-bond donors (Lipinski definition) is 1. The molecule has 0 heterocycles. The Kier molecular flexibility index (Phi) is 6.32. The lowest BCUT2D eigenvalue weighted by Gasteiger charge is -2.12. The minimum absolute atomic E-state index is 0.910. The smallest absolute Gasteiger partial charge is 0.205 e. The molecule has 0 atom stereocenters. The van der Waals surface area contributed by atoms with Gasteiger partial charge in [0, 0.05) is 6.54 Å². The van der Waals surface area contributed by atoms with E-state index >= 15 is 0 Å². The zero-order chi connectivity index (χ0) is 10.9. The number of rotatable bonds is 7. The monoisotopic (exact) mass is 223 g/mol. The summed E-state index contributed by atoms with van der Waals surface area (Å²) in [6, 6.07) is 12.9. The summed E-state index contributed by atoms with van der Waals surface area (Å²) in [5, 5.41) is 0. The minimum atomic E-state index is -0.929. The minimum Gasteiger partial charge on any atom is -0.349 e. The van der Waals surface area contributed by atoms with E-state index in [0.717, 1.165) is 13.0 Å². The highest BCUT2D eigenvalue weighted by Crippen LogP contribution is 2.00. The summed E-state index contributed by atoms with van der Waals surface area (Å²) in [7, 11) is -0.929. The van der Waals surface area contributed by atoms with Gasteiger partial charge in [-0.3, -0.25) is 0 Å². The van der Waals surface area contributed by atoms with E-state index in [0.29, 0.717) is 0 Å². The first-order valence-corrected chi connectivity index (χ1v) is 7.89. The molecule has 0 unspecified atom stereocenters. The van der Waals surface area contributed by atoms with Crippen LogP contribution in [-0.4, -0.2) is 15.6 Å². The molecule has 0 spiro atoms. The van der Waals surface area contributed by atoms with Crippen molar-refractivity contribution in [1.29, 1.82) is 0 Å². The van der Waals surface area contributed by atoms with Crippen LogP contribution in [0.2, 0.25) is 12.1 Å². The SMILES string of the molecule is CC[SiH](CC)ONCCc1ccccc1. The average molecular weight is 223 g/mol. The Morgan fingerprint density at radius 3 is 2.40 bits per heavy atom. The fourth-order valence-electron chi connectivity index (χ4n) is 1.47. The number of benzene rings is 1. The summed E-state index contributed by atoms with van der Waals surface area (Å²) < 4.78 is 5.65. The van der Waals surface area contributed by atoms with E-state index in [1.165, 1.54) is 17.7 Å². The Hall–Kier alpha value is -0.643. The summed E-state index contributed by atoms with van der Waals surface area (Å²) in [5.74, 6) is 0. The third-order valence-corrected chi connectivity index (χ3v) is 4.84. The highest BCUT2D eigenvalue weighted by Gasteiger charge is 2.05. The molecule has 3 heteroatoms. The molecule has 0 amide bonds. The van der Waals surface area contributed by atoms with Crippen LogP contribution in [0, 0.1) is 0 Å². The first kappa shape index (κ1) is 12.4. The van der Waals surface area contributed by atoms with E-state index in [-0.39, 0.29) is 0 Å². The third-order valence-electron chi connectivity index (χ3n) is 2.52. The van der Waals surface area contributed by atoms with E-state index < -0.39 is 9.04 Å². The zero-order valence-corrected chi connectivity index (χ0v) is 10.9. The van der Waals surface area contributed by atoms with E-state index in [1.54, 1.807) is 0 Å². The summed E-state index contributed by atoms with van der Waals surface area (Å²) in [6.45, 7) is 5.33. The second kappa shape index (κ2) is 7.62. The molecule has 2 nitrogen and oxygen atoms in total. The Morgan fingerprint density at radius 2 is 1.80 bits per heavy atom. The highest BCUT2D eigenvalue weighted by molar-refractivity contribution is 6.51. The Morgan fingerprint density at radius 1 is 1.13 bits per heavy atom. The van der Waals surface area contributed by atoms with Gasteiger partial charge < -0.3 is 4.53 Å². The molecule has 1 aromatic carbocycles. The molecule has 0 aliphatic carbocycles. The average Bonchev–Trinajstić information content (AvgIpc) is 2.31. The summed E-state index contributed by atoms with van der Waals surface area (Å²) in [5.41, 5.74) is 4.46. The predicted octanol–water partition coefficient (Wildman–Crippen LogP) is 2.51. The van der Waals surface area contributed by atoms with Gasteiger partial charge in [-0.15, -0.1) is 0 Å². The van der Waals surface area contributed by atoms with E-state index in [9.17, 15) is 0 Å². The van der Waals surface area contributed by atoms with E-state index in [2.05, 4.69) is 43.6 Å². The maximum absolute atomic E-state index is 5.65. The zero-order valence-electron chi connectivity index (χ0n) is 9.70. The lowest BCUT2D eigenvalue weighted by Crippen LogP contribution is -2.27. The third kappa shape index (κ3) is 5.11. The Labute approximate surface area is 94.3 Å². The molecule has 0 saturated carbocycles. The van der Waals surface area contributed by atoms with Gasteiger partial charge in [0.15, 0.2) is 0 Å². The van der Waals surface area contributed by atoms with E-state index in [4.69, 9.17) is 4.53 Å². The van der Waals surface area contributed by atoms with Crippen molar-refractivity contribution in [2.45, 2.75) is 32.4 Å². The van der Waals surface area contributed by atoms with Crippen molar-refractivity contribution in [2.75, 3.05) is 6.54 Å². The van der Waals surface area contributed by atoms with E-state index in [1.807, 2.05) is 6.07 Å². The lowest BCUT2D eigenvalue weighted by atomic mass is 10.2. The number of nitrogens with one attached hydrogen (secondary N) is 1. The van der Waals surface area contributed by atoms with Crippen LogP contribution < -0.4 is 5.48 Å². The number of hydroxylamine groups is 1. The van der Waals surface area contributed by atoms with Crippen molar-refractivity contribution in [3.63, 3.8) is 0 Å². The molecule has 1 N–H and O–H groups in total. The van der Waals surface area contributed by atoms with Crippen LogP contribution in [0.25, 0.3) is 0 Å². The van der Waals surface area contributed by atoms with Crippen molar-refractivity contribution in [2.24, 2.45) is 0 Å². The molecular weight excluding hydrogens is 202 g/mol. The predicted molar refractivity (Wildman–Crippen MR) is 67.3 cm³/mol. The summed E-state index contributed by atoms with van der Waals surface area (Å²) in [4.78, 5) is 0. The van der Waals surface area contributed by atoms with Crippen LogP contribution in [0.4, 0.5) is 0 Å².